The fraction of sp³-hybridized carbons (Fsp3) is 0.429. The molecule has 1 fully saturated rings. The first kappa shape index (κ1) is 17.8. The topological polar surface area (TPSA) is 69.4 Å². The third kappa shape index (κ3) is 3.76. The van der Waals surface area contributed by atoms with Crippen LogP contribution in [0.2, 0.25) is 0 Å². The average Bonchev–Trinajstić information content (AvgIpc) is 3.12. The van der Waals surface area contributed by atoms with Gasteiger partial charge in [0.05, 0.1) is 11.7 Å². The number of ketones is 1. The Bertz CT molecular complexity index is 933. The smallest absolute Gasteiger partial charge is 0.153 e. The molecule has 0 aliphatic heterocycles. The molecule has 1 aliphatic carbocycles. The van der Waals surface area contributed by atoms with E-state index in [2.05, 4.69) is 28.1 Å². The highest BCUT2D eigenvalue weighted by Gasteiger charge is 2.26. The number of pyridine rings is 1. The number of nitrogens with zero attached hydrogens (tertiary/aromatic N) is 4. The number of hydrogen-bond donors (Lipinski definition) is 0. The summed E-state index contributed by atoms with van der Waals surface area (Å²) in [5, 5.41) is 4.44. The zero-order valence-electron chi connectivity index (χ0n) is 15.6. The summed E-state index contributed by atoms with van der Waals surface area (Å²) in [7, 11) is 0. The van der Waals surface area contributed by atoms with Gasteiger partial charge < -0.3 is 4.74 Å². The van der Waals surface area contributed by atoms with Gasteiger partial charge in [-0.3, -0.25) is 4.79 Å². The third-order valence-electron chi connectivity index (χ3n) is 5.10. The maximum absolute atomic E-state index is 12.4. The first-order chi connectivity index (χ1) is 13.3. The molecule has 0 amide bonds. The van der Waals surface area contributed by atoms with Crippen LogP contribution in [0.1, 0.15) is 56.3 Å². The number of carbonyl (C=O) groups excluding carboxylic acids is 1. The van der Waals surface area contributed by atoms with Gasteiger partial charge in [0.2, 0.25) is 0 Å². The Kier molecular flexibility index (Phi) is 5.25. The average molecular weight is 364 g/mol. The summed E-state index contributed by atoms with van der Waals surface area (Å²) >= 11 is 0. The van der Waals surface area contributed by atoms with Gasteiger partial charge in [0, 0.05) is 48.7 Å². The van der Waals surface area contributed by atoms with E-state index in [0.717, 1.165) is 47.9 Å². The largest absolute Gasteiger partial charge is 0.373 e. The van der Waals surface area contributed by atoms with E-state index in [1.807, 2.05) is 35.4 Å². The van der Waals surface area contributed by atoms with Crippen LogP contribution in [-0.2, 0) is 16.1 Å². The van der Waals surface area contributed by atoms with E-state index in [-0.39, 0.29) is 5.92 Å². The Morgan fingerprint density at radius 2 is 2.04 bits per heavy atom. The van der Waals surface area contributed by atoms with Gasteiger partial charge in [0.1, 0.15) is 12.4 Å². The van der Waals surface area contributed by atoms with Crippen molar-refractivity contribution in [2.75, 3.05) is 6.61 Å². The van der Waals surface area contributed by atoms with Crippen molar-refractivity contribution in [3.8, 4) is 11.1 Å². The first-order valence-electron chi connectivity index (χ1n) is 9.65. The molecule has 1 atom stereocenters. The van der Waals surface area contributed by atoms with Gasteiger partial charge in [0.25, 0.3) is 0 Å². The van der Waals surface area contributed by atoms with Crippen LogP contribution in [0, 0.1) is 0 Å². The van der Waals surface area contributed by atoms with Crippen LogP contribution in [-0.4, -0.2) is 32.0 Å². The predicted octanol–water partition coefficient (Wildman–Crippen LogP) is 3.94. The SMILES string of the molecule is CCCOCc1ncc(-c2ccn3ncc(C4CCCCC4=O)c3c2)cn1. The van der Waals surface area contributed by atoms with Crippen molar-refractivity contribution in [3.05, 3.63) is 48.3 Å². The molecule has 4 rings (SSSR count). The Hall–Kier alpha value is -2.60. The number of fused-ring (bicyclic) bond motifs is 1. The highest BCUT2D eigenvalue weighted by atomic mass is 16.5. The Balaban J connectivity index is 1.61. The molecule has 3 heterocycles. The zero-order valence-corrected chi connectivity index (χ0v) is 15.6. The lowest BCUT2D eigenvalue weighted by Gasteiger charge is -2.19. The zero-order chi connectivity index (χ0) is 18.6. The van der Waals surface area contributed by atoms with E-state index >= 15 is 0 Å². The van der Waals surface area contributed by atoms with Crippen molar-refractivity contribution in [1.82, 2.24) is 19.6 Å². The van der Waals surface area contributed by atoms with Gasteiger partial charge >= 0.3 is 0 Å². The number of aromatic nitrogens is 4. The highest BCUT2D eigenvalue weighted by molar-refractivity contribution is 5.88. The van der Waals surface area contributed by atoms with Gasteiger partial charge in [-0.25, -0.2) is 14.5 Å². The fourth-order valence-corrected chi connectivity index (χ4v) is 3.65. The monoisotopic (exact) mass is 364 g/mol. The molecule has 3 aromatic heterocycles. The van der Waals surface area contributed by atoms with Crippen LogP contribution in [0.4, 0.5) is 0 Å². The lowest BCUT2D eigenvalue weighted by atomic mass is 9.83. The number of carbonyl (C=O) groups is 1. The first-order valence-corrected chi connectivity index (χ1v) is 9.65. The molecule has 1 aliphatic rings. The predicted molar refractivity (Wildman–Crippen MR) is 102 cm³/mol. The molecule has 140 valence electrons. The molecule has 6 heteroatoms. The normalized spacial score (nSPS) is 17.5. The van der Waals surface area contributed by atoms with Crippen molar-refractivity contribution in [1.29, 1.82) is 0 Å². The Morgan fingerprint density at radius 1 is 1.19 bits per heavy atom. The summed E-state index contributed by atoms with van der Waals surface area (Å²) in [4.78, 5) is 21.2. The Morgan fingerprint density at radius 3 is 2.81 bits per heavy atom. The van der Waals surface area contributed by atoms with E-state index in [1.165, 1.54) is 0 Å². The minimum absolute atomic E-state index is 0.0270. The molecule has 0 radical (unpaired) electrons. The van der Waals surface area contributed by atoms with Crippen LogP contribution < -0.4 is 0 Å². The second kappa shape index (κ2) is 7.96. The molecule has 0 aromatic carbocycles. The van der Waals surface area contributed by atoms with E-state index < -0.39 is 0 Å². The van der Waals surface area contributed by atoms with E-state index in [9.17, 15) is 4.79 Å². The molecule has 0 bridgehead atoms. The van der Waals surface area contributed by atoms with Crippen molar-refractivity contribution in [2.24, 2.45) is 0 Å². The molecule has 0 spiro atoms. The summed E-state index contributed by atoms with van der Waals surface area (Å²) < 4.78 is 7.33. The van der Waals surface area contributed by atoms with Crippen LogP contribution in [0.5, 0.6) is 0 Å². The highest BCUT2D eigenvalue weighted by Crippen LogP contribution is 2.33. The fourth-order valence-electron chi connectivity index (χ4n) is 3.65. The molecule has 1 saturated carbocycles. The summed E-state index contributed by atoms with van der Waals surface area (Å²) in [6.45, 7) is 3.22. The number of rotatable bonds is 6. The Labute approximate surface area is 158 Å². The van der Waals surface area contributed by atoms with Gasteiger partial charge in [-0.15, -0.1) is 0 Å². The summed E-state index contributed by atoms with van der Waals surface area (Å²) in [5.74, 6) is 0.994. The van der Waals surface area contributed by atoms with Gasteiger partial charge in [0.15, 0.2) is 5.82 Å². The van der Waals surface area contributed by atoms with E-state index in [0.29, 0.717) is 31.2 Å². The van der Waals surface area contributed by atoms with Gasteiger partial charge in [-0.2, -0.15) is 5.10 Å². The van der Waals surface area contributed by atoms with Crippen LogP contribution in [0.3, 0.4) is 0 Å². The molecular weight excluding hydrogens is 340 g/mol. The van der Waals surface area contributed by atoms with Crippen molar-refractivity contribution in [2.45, 2.75) is 51.6 Å². The summed E-state index contributed by atoms with van der Waals surface area (Å²) in [5.41, 5.74) is 3.99. The van der Waals surface area contributed by atoms with Crippen molar-refractivity contribution in [3.63, 3.8) is 0 Å². The van der Waals surface area contributed by atoms with E-state index in [1.54, 1.807) is 0 Å². The lowest BCUT2D eigenvalue weighted by Crippen LogP contribution is -2.16. The minimum atomic E-state index is -0.0270. The standard InChI is InChI=1S/C21H24N4O2/c1-2-9-27-14-21-22-11-16(12-23-21)15-7-8-25-19(10-15)18(13-24-25)17-5-3-4-6-20(17)26/h7-8,10-13,17H,2-6,9,14H2,1H3. The molecule has 27 heavy (non-hydrogen) atoms. The number of ether oxygens (including phenoxy) is 1. The molecule has 0 saturated heterocycles. The van der Waals surface area contributed by atoms with Gasteiger partial charge in [-0.05, 0) is 37.0 Å². The second-order valence-corrected chi connectivity index (χ2v) is 7.05. The van der Waals surface area contributed by atoms with Crippen molar-refractivity contribution >= 4 is 11.3 Å². The van der Waals surface area contributed by atoms with Crippen molar-refractivity contribution < 1.29 is 9.53 Å². The molecule has 1 unspecified atom stereocenters. The number of hydrogen-bond acceptors (Lipinski definition) is 5. The third-order valence-corrected chi connectivity index (χ3v) is 5.10. The molecular formula is C21H24N4O2. The maximum atomic E-state index is 12.4. The molecule has 0 N–H and O–H groups in total. The minimum Gasteiger partial charge on any atom is -0.373 e. The van der Waals surface area contributed by atoms with Crippen LogP contribution in [0.15, 0.2) is 36.9 Å². The lowest BCUT2D eigenvalue weighted by molar-refractivity contribution is -0.121. The summed E-state index contributed by atoms with van der Waals surface area (Å²) in [6.07, 6.45) is 12.1. The number of Topliss-reactive ketones (excluding diaryl/α,β-unsaturated/α-hetero) is 1. The summed E-state index contributed by atoms with van der Waals surface area (Å²) in [6, 6.07) is 4.08. The van der Waals surface area contributed by atoms with Gasteiger partial charge in [-0.1, -0.05) is 13.3 Å². The van der Waals surface area contributed by atoms with Crippen LogP contribution >= 0.6 is 0 Å². The quantitative estimate of drug-likeness (QED) is 0.620. The molecule has 3 aromatic rings. The maximum Gasteiger partial charge on any atom is 0.153 e. The van der Waals surface area contributed by atoms with E-state index in [4.69, 9.17) is 4.74 Å². The molecule has 6 nitrogen and oxygen atoms in total. The second-order valence-electron chi connectivity index (χ2n) is 7.05. The van der Waals surface area contributed by atoms with Crippen LogP contribution in [0.25, 0.3) is 16.6 Å².